The summed E-state index contributed by atoms with van der Waals surface area (Å²) in [5, 5.41) is 3.48. The van der Waals surface area contributed by atoms with E-state index in [0.717, 1.165) is 51.4 Å². The van der Waals surface area contributed by atoms with Gasteiger partial charge < -0.3 is 15.0 Å². The van der Waals surface area contributed by atoms with Crippen molar-refractivity contribution in [2.24, 2.45) is 0 Å². The third-order valence-corrected chi connectivity index (χ3v) is 6.69. The van der Waals surface area contributed by atoms with E-state index in [1.807, 2.05) is 12.1 Å². The first kappa shape index (κ1) is 18.8. The number of rotatable bonds is 2. The molecule has 5 rings (SSSR count). The van der Waals surface area contributed by atoms with Crippen molar-refractivity contribution in [3.05, 3.63) is 47.0 Å². The third-order valence-electron chi connectivity index (χ3n) is 6.69. The zero-order chi connectivity index (χ0) is 20.2. The van der Waals surface area contributed by atoms with E-state index >= 15 is 0 Å². The lowest BCUT2D eigenvalue weighted by Gasteiger charge is -2.33. The lowest BCUT2D eigenvalue weighted by molar-refractivity contribution is -0.137. The van der Waals surface area contributed by atoms with Crippen LogP contribution in [0.5, 0.6) is 5.75 Å². The van der Waals surface area contributed by atoms with Gasteiger partial charge in [-0.1, -0.05) is 6.07 Å². The van der Waals surface area contributed by atoms with Crippen LogP contribution in [0.25, 0.3) is 11.1 Å². The van der Waals surface area contributed by atoms with Gasteiger partial charge in [0, 0.05) is 30.7 Å². The van der Waals surface area contributed by atoms with E-state index in [9.17, 15) is 13.2 Å². The molecule has 154 valence electrons. The highest BCUT2D eigenvalue weighted by Gasteiger charge is 2.42. The van der Waals surface area contributed by atoms with Crippen molar-refractivity contribution in [1.82, 2.24) is 5.32 Å². The van der Waals surface area contributed by atoms with Gasteiger partial charge in [-0.25, -0.2) is 0 Å². The van der Waals surface area contributed by atoms with Gasteiger partial charge in [0.15, 0.2) is 0 Å². The van der Waals surface area contributed by atoms with E-state index in [2.05, 4.69) is 10.2 Å². The second-order valence-corrected chi connectivity index (χ2v) is 8.30. The van der Waals surface area contributed by atoms with Gasteiger partial charge in [-0.05, 0) is 78.7 Å². The zero-order valence-electron chi connectivity index (χ0n) is 16.5. The average molecular weight is 402 g/mol. The van der Waals surface area contributed by atoms with Gasteiger partial charge in [0.1, 0.15) is 5.75 Å². The van der Waals surface area contributed by atoms with E-state index in [1.54, 1.807) is 12.1 Å². The van der Waals surface area contributed by atoms with Crippen LogP contribution in [-0.2, 0) is 12.6 Å². The Morgan fingerprint density at radius 2 is 2.00 bits per heavy atom. The number of aryl methyl sites for hydroxylation is 1. The van der Waals surface area contributed by atoms with Crippen LogP contribution in [0.4, 0.5) is 18.9 Å². The van der Waals surface area contributed by atoms with Crippen LogP contribution in [0.2, 0.25) is 0 Å². The van der Waals surface area contributed by atoms with Crippen LogP contribution in [-0.4, -0.2) is 32.8 Å². The maximum Gasteiger partial charge on any atom is 0.417 e. The molecular formula is C23H25F3N2O. The molecular weight excluding hydrogens is 377 g/mol. The summed E-state index contributed by atoms with van der Waals surface area (Å²) in [6.07, 6.45) is -0.202. The van der Waals surface area contributed by atoms with Crippen LogP contribution in [0.15, 0.2) is 30.3 Å². The number of alkyl halides is 3. The molecule has 0 aliphatic carbocycles. The van der Waals surface area contributed by atoms with Crippen molar-refractivity contribution >= 4 is 5.69 Å². The predicted molar refractivity (Wildman–Crippen MR) is 108 cm³/mol. The van der Waals surface area contributed by atoms with Crippen LogP contribution in [0.1, 0.15) is 41.9 Å². The Bertz CT molecular complexity index is 940. The number of methoxy groups -OCH3 is 1. The number of fused-ring (bicyclic) bond motifs is 3. The maximum absolute atomic E-state index is 13.8. The lowest BCUT2D eigenvalue weighted by atomic mass is 9.86. The summed E-state index contributed by atoms with van der Waals surface area (Å²) in [7, 11) is 1.39. The molecule has 2 atom stereocenters. The normalized spacial score (nSPS) is 23.4. The second-order valence-electron chi connectivity index (χ2n) is 8.30. The minimum Gasteiger partial charge on any atom is -0.497 e. The van der Waals surface area contributed by atoms with E-state index in [1.165, 1.54) is 23.9 Å². The Morgan fingerprint density at radius 3 is 2.79 bits per heavy atom. The topological polar surface area (TPSA) is 24.5 Å². The van der Waals surface area contributed by atoms with Crippen LogP contribution >= 0.6 is 0 Å². The van der Waals surface area contributed by atoms with Crippen molar-refractivity contribution in [3.63, 3.8) is 0 Å². The van der Waals surface area contributed by atoms with Crippen molar-refractivity contribution in [2.75, 3.05) is 31.6 Å². The highest BCUT2D eigenvalue weighted by molar-refractivity contribution is 5.78. The minimum atomic E-state index is -4.43. The molecule has 3 heterocycles. The van der Waals surface area contributed by atoms with Crippen molar-refractivity contribution < 1.29 is 17.9 Å². The molecule has 29 heavy (non-hydrogen) atoms. The van der Waals surface area contributed by atoms with Gasteiger partial charge in [0.05, 0.1) is 12.7 Å². The molecule has 3 aliphatic heterocycles. The average Bonchev–Trinajstić information content (AvgIpc) is 2.88. The number of halogens is 3. The summed E-state index contributed by atoms with van der Waals surface area (Å²) in [5.74, 6) is 0.575. The summed E-state index contributed by atoms with van der Waals surface area (Å²) >= 11 is 0. The zero-order valence-corrected chi connectivity index (χ0v) is 16.5. The molecule has 2 aromatic carbocycles. The number of nitrogens with one attached hydrogen (secondary N) is 1. The first-order chi connectivity index (χ1) is 14.0. The number of piperidine rings is 1. The van der Waals surface area contributed by atoms with Crippen LogP contribution < -0.4 is 15.0 Å². The van der Waals surface area contributed by atoms with Gasteiger partial charge in [-0.3, -0.25) is 0 Å². The van der Waals surface area contributed by atoms with E-state index in [-0.39, 0.29) is 11.3 Å². The highest BCUT2D eigenvalue weighted by atomic mass is 19.4. The number of anilines is 1. The first-order valence-electron chi connectivity index (χ1n) is 10.4. The molecule has 3 nitrogen and oxygen atoms in total. The molecule has 1 N–H and O–H groups in total. The predicted octanol–water partition coefficient (Wildman–Crippen LogP) is 4.98. The molecule has 0 spiro atoms. The fourth-order valence-electron chi connectivity index (χ4n) is 5.41. The van der Waals surface area contributed by atoms with E-state index < -0.39 is 11.7 Å². The molecule has 0 bridgehead atoms. The standard InChI is InChI=1S/C23H25F3N2O/c1-29-16-5-6-17(20(12-16)23(24,25)26)15-10-14-4-2-3-9-28-21-7-8-27-13-19(21)18(11-15)22(14)28/h5-6,10-12,19,21,27H,2-4,7-9,13H2,1H3/t19-,21-/m0/s1. The van der Waals surface area contributed by atoms with E-state index in [4.69, 9.17) is 4.74 Å². The summed E-state index contributed by atoms with van der Waals surface area (Å²) in [6, 6.07) is 8.77. The quantitative estimate of drug-likeness (QED) is 0.767. The molecule has 0 radical (unpaired) electrons. The largest absolute Gasteiger partial charge is 0.497 e. The van der Waals surface area contributed by atoms with Gasteiger partial charge in [-0.2, -0.15) is 13.2 Å². The van der Waals surface area contributed by atoms with E-state index in [0.29, 0.717) is 17.5 Å². The van der Waals surface area contributed by atoms with Gasteiger partial charge in [-0.15, -0.1) is 0 Å². The summed E-state index contributed by atoms with van der Waals surface area (Å²) in [6.45, 7) is 2.95. The molecule has 0 saturated carbocycles. The molecule has 0 unspecified atom stereocenters. The van der Waals surface area contributed by atoms with Crippen molar-refractivity contribution in [2.45, 2.75) is 43.8 Å². The number of nitrogens with zero attached hydrogens (tertiary/aromatic N) is 1. The maximum atomic E-state index is 13.8. The SMILES string of the molecule is COc1ccc(-c2cc3c4c(c2)[C@@H]2CNCC[C@@H]2N4CCCC3)c(C(F)(F)F)c1. The second kappa shape index (κ2) is 6.94. The Hall–Kier alpha value is -2.21. The molecule has 0 amide bonds. The minimum absolute atomic E-state index is 0.225. The fraction of sp³-hybridized carbons (Fsp3) is 0.478. The lowest BCUT2D eigenvalue weighted by Crippen LogP contribution is -2.44. The fourth-order valence-corrected chi connectivity index (χ4v) is 5.41. The molecule has 0 aromatic heterocycles. The Labute approximate surface area is 168 Å². The van der Waals surface area contributed by atoms with Gasteiger partial charge in [0.25, 0.3) is 0 Å². The number of hydrogen-bond donors (Lipinski definition) is 1. The number of hydrogen-bond acceptors (Lipinski definition) is 3. The summed E-state index contributed by atoms with van der Waals surface area (Å²) in [5.41, 5.74) is 3.99. The molecule has 3 aliphatic rings. The Morgan fingerprint density at radius 1 is 1.14 bits per heavy atom. The van der Waals surface area contributed by atoms with Crippen LogP contribution in [0.3, 0.4) is 0 Å². The smallest absolute Gasteiger partial charge is 0.417 e. The molecule has 1 saturated heterocycles. The van der Waals surface area contributed by atoms with Crippen LogP contribution in [0, 0.1) is 0 Å². The van der Waals surface area contributed by atoms with Gasteiger partial charge in [0.2, 0.25) is 0 Å². The summed E-state index contributed by atoms with van der Waals surface area (Å²) in [4.78, 5) is 2.55. The molecule has 2 aromatic rings. The number of benzene rings is 2. The first-order valence-corrected chi connectivity index (χ1v) is 10.4. The molecule has 6 heteroatoms. The Balaban J connectivity index is 1.69. The molecule has 1 fully saturated rings. The highest BCUT2D eigenvalue weighted by Crippen LogP contribution is 2.49. The summed E-state index contributed by atoms with van der Waals surface area (Å²) < 4.78 is 46.6. The third kappa shape index (κ3) is 3.08. The van der Waals surface area contributed by atoms with Gasteiger partial charge >= 0.3 is 6.18 Å². The number of ether oxygens (including phenoxy) is 1. The van der Waals surface area contributed by atoms with Crippen molar-refractivity contribution in [3.8, 4) is 16.9 Å². The monoisotopic (exact) mass is 402 g/mol. The Kier molecular flexibility index (Phi) is 4.50. The van der Waals surface area contributed by atoms with Crippen molar-refractivity contribution in [1.29, 1.82) is 0 Å².